The van der Waals surface area contributed by atoms with E-state index in [1.54, 1.807) is 0 Å². The molecule has 3 nitrogen and oxygen atoms in total. The van der Waals surface area contributed by atoms with Crippen LogP contribution in [-0.2, 0) is 0 Å². The highest BCUT2D eigenvalue weighted by atomic mass is 35.5. The van der Waals surface area contributed by atoms with Crippen LogP contribution < -0.4 is 5.32 Å². The Morgan fingerprint density at radius 1 is 1.05 bits per heavy atom. The summed E-state index contributed by atoms with van der Waals surface area (Å²) in [6.45, 7) is 7.57. The molecule has 0 aliphatic carbocycles. The summed E-state index contributed by atoms with van der Waals surface area (Å²) in [6.07, 6.45) is 1.19. The van der Waals surface area contributed by atoms with Gasteiger partial charge in [0.05, 0.1) is 10.7 Å². The molecule has 0 unspecified atom stereocenters. The molecule has 108 valence electrons. The normalized spacial score (nSPS) is 11.3. The van der Waals surface area contributed by atoms with Gasteiger partial charge in [0.1, 0.15) is 0 Å². The number of para-hydroxylation sites is 1. The third-order valence-corrected chi connectivity index (χ3v) is 3.35. The fourth-order valence-corrected chi connectivity index (χ4v) is 2.15. The number of hydrogen-bond donors (Lipinski definition) is 1. The summed E-state index contributed by atoms with van der Waals surface area (Å²) in [4.78, 5) is 4.72. The van der Waals surface area contributed by atoms with Gasteiger partial charge in [-0.2, -0.15) is 0 Å². The molecule has 0 aliphatic heterocycles. The van der Waals surface area contributed by atoms with Crippen LogP contribution in [0.25, 0.3) is 0 Å². The highest BCUT2D eigenvalue weighted by Gasteiger charge is 2.04. The average Bonchev–Trinajstić information content (AvgIpc) is 2.38. The molecule has 1 N–H and O–H groups in total. The fraction of sp³-hybridized carbons (Fsp3) is 0.600. The van der Waals surface area contributed by atoms with Crippen LogP contribution in [0.15, 0.2) is 24.3 Å². The monoisotopic (exact) mass is 283 g/mol. The van der Waals surface area contributed by atoms with Crippen molar-refractivity contribution < 1.29 is 0 Å². The van der Waals surface area contributed by atoms with Gasteiger partial charge >= 0.3 is 0 Å². The predicted octanol–water partition coefficient (Wildman–Crippen LogP) is 3.03. The SMILES string of the molecule is CCCN(CCNc1ccccc1Cl)CCN(C)C. The second kappa shape index (κ2) is 9.18. The van der Waals surface area contributed by atoms with Gasteiger partial charge in [0.2, 0.25) is 0 Å². The molecule has 1 rings (SSSR count). The predicted molar refractivity (Wildman–Crippen MR) is 85.2 cm³/mol. The van der Waals surface area contributed by atoms with Gasteiger partial charge in [-0.25, -0.2) is 0 Å². The van der Waals surface area contributed by atoms with E-state index in [0.717, 1.165) is 43.4 Å². The van der Waals surface area contributed by atoms with Gasteiger partial charge < -0.3 is 15.1 Å². The summed E-state index contributed by atoms with van der Waals surface area (Å²) in [5.74, 6) is 0. The third kappa shape index (κ3) is 6.81. The van der Waals surface area contributed by atoms with Gasteiger partial charge in [-0.3, -0.25) is 0 Å². The largest absolute Gasteiger partial charge is 0.383 e. The molecule has 0 heterocycles. The smallest absolute Gasteiger partial charge is 0.0637 e. The topological polar surface area (TPSA) is 18.5 Å². The Morgan fingerprint density at radius 3 is 2.42 bits per heavy atom. The van der Waals surface area contributed by atoms with E-state index in [1.807, 2.05) is 24.3 Å². The van der Waals surface area contributed by atoms with Gasteiger partial charge in [0, 0.05) is 26.2 Å². The lowest BCUT2D eigenvalue weighted by molar-refractivity contribution is 0.248. The van der Waals surface area contributed by atoms with Crippen molar-refractivity contribution in [1.82, 2.24) is 9.80 Å². The van der Waals surface area contributed by atoms with Crippen LogP contribution >= 0.6 is 11.6 Å². The van der Waals surface area contributed by atoms with E-state index in [1.165, 1.54) is 6.42 Å². The summed E-state index contributed by atoms with van der Waals surface area (Å²) in [7, 11) is 4.23. The maximum atomic E-state index is 6.12. The highest BCUT2D eigenvalue weighted by Crippen LogP contribution is 2.19. The Labute approximate surface area is 122 Å². The van der Waals surface area contributed by atoms with Gasteiger partial charge in [-0.15, -0.1) is 0 Å². The molecular formula is C15H26ClN3. The van der Waals surface area contributed by atoms with Gasteiger partial charge in [-0.1, -0.05) is 30.7 Å². The molecule has 0 saturated heterocycles. The van der Waals surface area contributed by atoms with Crippen molar-refractivity contribution in [2.75, 3.05) is 52.1 Å². The number of anilines is 1. The molecule has 1 aromatic rings. The molecular weight excluding hydrogens is 258 g/mol. The Bertz CT molecular complexity index is 355. The van der Waals surface area contributed by atoms with Crippen molar-refractivity contribution in [3.63, 3.8) is 0 Å². The lowest BCUT2D eigenvalue weighted by Crippen LogP contribution is -2.35. The first kappa shape index (κ1) is 16.3. The zero-order valence-electron chi connectivity index (χ0n) is 12.3. The standard InChI is InChI=1S/C15H26ClN3/c1-4-10-19(13-12-18(2)3)11-9-17-15-8-6-5-7-14(15)16/h5-8,17H,4,9-13H2,1-3H3. The first-order valence-corrected chi connectivity index (χ1v) is 7.36. The minimum atomic E-state index is 0.790. The number of hydrogen-bond acceptors (Lipinski definition) is 3. The van der Waals surface area contributed by atoms with Crippen molar-refractivity contribution in [3.8, 4) is 0 Å². The summed E-state index contributed by atoms with van der Waals surface area (Å²) < 4.78 is 0. The van der Waals surface area contributed by atoms with Gasteiger partial charge in [-0.05, 0) is 39.2 Å². The average molecular weight is 284 g/mol. The van der Waals surface area contributed by atoms with Crippen LogP contribution in [0.4, 0.5) is 5.69 Å². The molecule has 4 heteroatoms. The first-order valence-electron chi connectivity index (χ1n) is 6.99. The number of halogens is 1. The second-order valence-electron chi connectivity index (χ2n) is 5.05. The molecule has 0 bridgehead atoms. The molecule has 0 radical (unpaired) electrons. The van der Waals surface area contributed by atoms with Crippen LogP contribution in [-0.4, -0.2) is 56.6 Å². The van der Waals surface area contributed by atoms with E-state index in [-0.39, 0.29) is 0 Å². The minimum Gasteiger partial charge on any atom is -0.383 e. The van der Waals surface area contributed by atoms with Crippen LogP contribution in [0.3, 0.4) is 0 Å². The van der Waals surface area contributed by atoms with Crippen molar-refractivity contribution in [2.45, 2.75) is 13.3 Å². The van der Waals surface area contributed by atoms with E-state index < -0.39 is 0 Å². The Morgan fingerprint density at radius 2 is 1.79 bits per heavy atom. The van der Waals surface area contributed by atoms with Crippen LogP contribution in [0.2, 0.25) is 5.02 Å². The Balaban J connectivity index is 2.33. The number of likely N-dealkylation sites (N-methyl/N-ethyl adjacent to an activating group) is 1. The number of benzene rings is 1. The quantitative estimate of drug-likeness (QED) is 0.752. The van der Waals surface area contributed by atoms with Crippen molar-refractivity contribution in [3.05, 3.63) is 29.3 Å². The zero-order chi connectivity index (χ0) is 14.1. The Hall–Kier alpha value is -0.770. The maximum absolute atomic E-state index is 6.12. The molecule has 0 spiro atoms. The maximum Gasteiger partial charge on any atom is 0.0637 e. The van der Waals surface area contributed by atoms with Crippen LogP contribution in [0, 0.1) is 0 Å². The van der Waals surface area contributed by atoms with Crippen molar-refractivity contribution in [1.29, 1.82) is 0 Å². The van der Waals surface area contributed by atoms with E-state index >= 15 is 0 Å². The zero-order valence-corrected chi connectivity index (χ0v) is 13.1. The van der Waals surface area contributed by atoms with E-state index in [4.69, 9.17) is 11.6 Å². The van der Waals surface area contributed by atoms with Crippen molar-refractivity contribution in [2.24, 2.45) is 0 Å². The molecule has 0 aromatic heterocycles. The van der Waals surface area contributed by atoms with E-state index in [9.17, 15) is 0 Å². The summed E-state index contributed by atoms with van der Waals surface area (Å²) in [5, 5.41) is 4.19. The lowest BCUT2D eigenvalue weighted by Gasteiger charge is -2.24. The molecule has 1 aromatic carbocycles. The van der Waals surface area contributed by atoms with Crippen LogP contribution in [0.1, 0.15) is 13.3 Å². The summed E-state index contributed by atoms with van der Waals surface area (Å²) in [6, 6.07) is 7.89. The summed E-state index contributed by atoms with van der Waals surface area (Å²) >= 11 is 6.12. The third-order valence-electron chi connectivity index (χ3n) is 3.02. The number of rotatable bonds is 9. The Kier molecular flexibility index (Phi) is 7.87. The van der Waals surface area contributed by atoms with Crippen LogP contribution in [0.5, 0.6) is 0 Å². The molecule has 19 heavy (non-hydrogen) atoms. The molecule has 0 aliphatic rings. The lowest BCUT2D eigenvalue weighted by atomic mass is 10.3. The molecule has 0 amide bonds. The molecule has 0 fully saturated rings. The van der Waals surface area contributed by atoms with Crippen molar-refractivity contribution >= 4 is 17.3 Å². The fourth-order valence-electron chi connectivity index (χ4n) is 1.95. The van der Waals surface area contributed by atoms with Gasteiger partial charge in [0.15, 0.2) is 0 Å². The highest BCUT2D eigenvalue weighted by molar-refractivity contribution is 6.33. The number of nitrogens with one attached hydrogen (secondary N) is 1. The second-order valence-corrected chi connectivity index (χ2v) is 5.46. The molecule has 0 saturated carbocycles. The number of nitrogens with zero attached hydrogens (tertiary/aromatic N) is 2. The van der Waals surface area contributed by atoms with E-state index in [0.29, 0.717) is 0 Å². The minimum absolute atomic E-state index is 0.790. The first-order chi connectivity index (χ1) is 9.13. The summed E-state index contributed by atoms with van der Waals surface area (Å²) in [5.41, 5.74) is 1.02. The molecule has 0 atom stereocenters. The van der Waals surface area contributed by atoms with E-state index in [2.05, 4.69) is 36.1 Å². The van der Waals surface area contributed by atoms with Gasteiger partial charge in [0.25, 0.3) is 0 Å².